The summed E-state index contributed by atoms with van der Waals surface area (Å²) < 4.78 is 0. The van der Waals surface area contributed by atoms with Crippen molar-refractivity contribution in [2.75, 3.05) is 18.0 Å². The molecule has 1 aliphatic carbocycles. The van der Waals surface area contributed by atoms with Crippen LogP contribution >= 0.6 is 0 Å². The lowest BCUT2D eigenvalue weighted by Gasteiger charge is -2.30. The van der Waals surface area contributed by atoms with E-state index in [1.54, 1.807) is 0 Å². The normalized spacial score (nSPS) is 19.4. The largest absolute Gasteiger partial charge is 0.364 e. The first-order chi connectivity index (χ1) is 7.84. The van der Waals surface area contributed by atoms with Crippen molar-refractivity contribution in [3.05, 3.63) is 29.8 Å². The first-order valence-corrected chi connectivity index (χ1v) is 6.20. The Hall–Kier alpha value is -1.31. The molecule has 0 saturated heterocycles. The van der Waals surface area contributed by atoms with Crippen LogP contribution in [0.2, 0.25) is 0 Å². The van der Waals surface area contributed by atoms with Crippen molar-refractivity contribution in [3.63, 3.8) is 0 Å². The molecule has 1 saturated carbocycles. The van der Waals surface area contributed by atoms with Crippen LogP contribution in [0.3, 0.4) is 0 Å². The van der Waals surface area contributed by atoms with Crippen LogP contribution in [-0.4, -0.2) is 18.9 Å². The molecule has 0 atom stereocenters. The lowest BCUT2D eigenvalue weighted by molar-refractivity contribution is -0.118. The van der Waals surface area contributed by atoms with E-state index in [1.807, 2.05) is 0 Å². The molecule has 0 spiro atoms. The van der Waals surface area contributed by atoms with E-state index in [1.165, 1.54) is 17.7 Å². The van der Waals surface area contributed by atoms with Crippen LogP contribution in [0.1, 0.15) is 24.8 Å². The Kier molecular flexibility index (Phi) is 2.43. The van der Waals surface area contributed by atoms with Crippen LogP contribution in [0, 0.1) is 5.92 Å². The molecule has 0 amide bonds. The molecular formula is C14H17NO. The number of nitrogens with zero attached hydrogens (tertiary/aromatic N) is 1. The van der Waals surface area contributed by atoms with E-state index >= 15 is 0 Å². The molecule has 2 nitrogen and oxygen atoms in total. The fourth-order valence-electron chi connectivity index (χ4n) is 2.50. The minimum Gasteiger partial charge on any atom is -0.364 e. The Balaban J connectivity index is 1.78. The predicted molar refractivity (Wildman–Crippen MR) is 64.7 cm³/mol. The maximum absolute atomic E-state index is 11.8. The number of anilines is 1. The number of ketones is 1. The molecule has 3 rings (SSSR count). The van der Waals surface area contributed by atoms with Gasteiger partial charge in [0, 0.05) is 18.2 Å². The number of hydrogen-bond donors (Lipinski definition) is 0. The van der Waals surface area contributed by atoms with Gasteiger partial charge in [-0.3, -0.25) is 4.79 Å². The van der Waals surface area contributed by atoms with Gasteiger partial charge in [-0.05, 0) is 37.3 Å². The summed E-state index contributed by atoms with van der Waals surface area (Å²) in [6.07, 6.45) is 4.57. The maximum atomic E-state index is 11.8. The molecule has 16 heavy (non-hydrogen) atoms. The van der Waals surface area contributed by atoms with Crippen molar-refractivity contribution in [1.82, 2.24) is 0 Å². The summed E-state index contributed by atoms with van der Waals surface area (Å²) >= 11 is 0. The third kappa shape index (κ3) is 1.84. The number of fused-ring (bicyclic) bond motifs is 1. The fraction of sp³-hybridized carbons (Fsp3) is 0.500. The summed E-state index contributed by atoms with van der Waals surface area (Å²) in [7, 11) is 0. The summed E-state index contributed by atoms with van der Waals surface area (Å²) in [4.78, 5) is 14.1. The van der Waals surface area contributed by atoms with Crippen LogP contribution < -0.4 is 4.90 Å². The lowest BCUT2D eigenvalue weighted by atomic mass is 10.0. The van der Waals surface area contributed by atoms with E-state index in [-0.39, 0.29) is 0 Å². The Labute approximate surface area is 96.3 Å². The number of para-hydroxylation sites is 1. The highest BCUT2D eigenvalue weighted by molar-refractivity contribution is 5.87. The summed E-state index contributed by atoms with van der Waals surface area (Å²) in [5, 5.41) is 0. The third-order valence-corrected chi connectivity index (χ3v) is 3.59. The molecule has 0 aromatic heterocycles. The zero-order chi connectivity index (χ0) is 11.0. The number of rotatable bonds is 3. The average Bonchev–Trinajstić information content (AvgIpc) is 3.13. The number of carbonyl (C=O) groups is 1. The van der Waals surface area contributed by atoms with Gasteiger partial charge in [-0.2, -0.15) is 0 Å². The van der Waals surface area contributed by atoms with E-state index in [0.717, 1.165) is 25.8 Å². The van der Waals surface area contributed by atoms with Gasteiger partial charge in [0.25, 0.3) is 0 Å². The van der Waals surface area contributed by atoms with Gasteiger partial charge < -0.3 is 4.90 Å². The van der Waals surface area contributed by atoms with E-state index in [2.05, 4.69) is 29.2 Å². The highest BCUT2D eigenvalue weighted by atomic mass is 16.1. The van der Waals surface area contributed by atoms with E-state index in [4.69, 9.17) is 0 Å². The number of aryl methyl sites for hydroxylation is 1. The van der Waals surface area contributed by atoms with Crippen molar-refractivity contribution in [3.8, 4) is 0 Å². The molecule has 0 unspecified atom stereocenters. The van der Waals surface area contributed by atoms with Crippen molar-refractivity contribution < 1.29 is 4.79 Å². The second-order valence-corrected chi connectivity index (χ2v) is 4.89. The summed E-state index contributed by atoms with van der Waals surface area (Å²) in [5.41, 5.74) is 2.68. The molecule has 2 aliphatic rings. The number of hydrogen-bond acceptors (Lipinski definition) is 2. The van der Waals surface area contributed by atoms with Gasteiger partial charge in [-0.25, -0.2) is 0 Å². The van der Waals surface area contributed by atoms with E-state index in [9.17, 15) is 4.79 Å². The lowest BCUT2D eigenvalue weighted by Crippen LogP contribution is -2.34. The minimum atomic E-state index is 0.383. The highest BCUT2D eigenvalue weighted by Gasteiger charge is 2.31. The standard InChI is InChI=1S/C14H17NO/c16-14(12-7-8-12)10-15-9-3-5-11-4-1-2-6-13(11)15/h1-2,4,6,12H,3,5,7-10H2. The van der Waals surface area contributed by atoms with E-state index < -0.39 is 0 Å². The zero-order valence-electron chi connectivity index (χ0n) is 9.48. The molecule has 1 fully saturated rings. The monoisotopic (exact) mass is 215 g/mol. The Morgan fingerprint density at radius 2 is 2.12 bits per heavy atom. The Morgan fingerprint density at radius 3 is 2.94 bits per heavy atom. The van der Waals surface area contributed by atoms with Crippen LogP contribution in [0.4, 0.5) is 5.69 Å². The van der Waals surface area contributed by atoms with Gasteiger partial charge in [-0.15, -0.1) is 0 Å². The first kappa shape index (κ1) is 9.88. The number of benzene rings is 1. The van der Waals surface area contributed by atoms with Gasteiger partial charge in [-0.1, -0.05) is 18.2 Å². The van der Waals surface area contributed by atoms with E-state index in [0.29, 0.717) is 18.2 Å². The number of Topliss-reactive ketones (excluding diaryl/α,β-unsaturated/α-hetero) is 1. The predicted octanol–water partition coefficient (Wildman–Crippen LogP) is 2.42. The average molecular weight is 215 g/mol. The van der Waals surface area contributed by atoms with Gasteiger partial charge in [0.05, 0.1) is 6.54 Å². The molecule has 1 aliphatic heterocycles. The van der Waals surface area contributed by atoms with Crippen molar-refractivity contribution in [2.45, 2.75) is 25.7 Å². The molecule has 1 heterocycles. The van der Waals surface area contributed by atoms with Crippen molar-refractivity contribution >= 4 is 11.5 Å². The molecule has 0 bridgehead atoms. The van der Waals surface area contributed by atoms with Crippen LogP contribution in [-0.2, 0) is 11.2 Å². The quantitative estimate of drug-likeness (QED) is 0.771. The molecule has 0 N–H and O–H groups in total. The molecule has 1 aromatic rings. The topological polar surface area (TPSA) is 20.3 Å². The zero-order valence-corrected chi connectivity index (χ0v) is 9.48. The summed E-state index contributed by atoms with van der Waals surface area (Å²) in [5.74, 6) is 0.825. The molecule has 2 heteroatoms. The van der Waals surface area contributed by atoms with Gasteiger partial charge in [0.2, 0.25) is 0 Å². The van der Waals surface area contributed by atoms with Crippen molar-refractivity contribution in [2.24, 2.45) is 5.92 Å². The maximum Gasteiger partial charge on any atom is 0.155 e. The number of carbonyl (C=O) groups excluding carboxylic acids is 1. The minimum absolute atomic E-state index is 0.383. The smallest absolute Gasteiger partial charge is 0.155 e. The third-order valence-electron chi connectivity index (χ3n) is 3.59. The second kappa shape index (κ2) is 3.93. The second-order valence-electron chi connectivity index (χ2n) is 4.89. The van der Waals surface area contributed by atoms with Crippen molar-refractivity contribution in [1.29, 1.82) is 0 Å². The SMILES string of the molecule is O=C(CN1CCCc2ccccc21)C1CC1. The fourth-order valence-corrected chi connectivity index (χ4v) is 2.50. The first-order valence-electron chi connectivity index (χ1n) is 6.20. The molecular weight excluding hydrogens is 198 g/mol. The Bertz CT molecular complexity index is 409. The van der Waals surface area contributed by atoms with Crippen LogP contribution in [0.5, 0.6) is 0 Å². The molecule has 0 radical (unpaired) electrons. The molecule has 1 aromatic carbocycles. The summed E-state index contributed by atoms with van der Waals surface area (Å²) in [6.45, 7) is 1.66. The van der Waals surface area contributed by atoms with Gasteiger partial charge in [0.1, 0.15) is 0 Å². The highest BCUT2D eigenvalue weighted by Crippen LogP contribution is 2.32. The Morgan fingerprint density at radius 1 is 1.31 bits per heavy atom. The molecule has 84 valence electrons. The van der Waals surface area contributed by atoms with Crippen LogP contribution in [0.15, 0.2) is 24.3 Å². The van der Waals surface area contributed by atoms with Crippen LogP contribution in [0.25, 0.3) is 0 Å². The summed E-state index contributed by atoms with van der Waals surface area (Å²) in [6, 6.07) is 8.49. The van der Waals surface area contributed by atoms with Gasteiger partial charge >= 0.3 is 0 Å². The van der Waals surface area contributed by atoms with Gasteiger partial charge in [0.15, 0.2) is 5.78 Å².